The van der Waals surface area contributed by atoms with Crippen molar-refractivity contribution in [3.05, 3.63) is 53.2 Å². The Balaban J connectivity index is 0.00000156. The number of amides is 1. The van der Waals surface area contributed by atoms with Gasteiger partial charge in [0.15, 0.2) is 0 Å². The zero-order chi connectivity index (χ0) is 16.1. The molecule has 136 valence electrons. The number of piperazine rings is 1. The lowest BCUT2D eigenvalue weighted by molar-refractivity contribution is -0.115. The lowest BCUT2D eigenvalue weighted by Crippen LogP contribution is -2.43. The number of carbonyl (C=O) groups is 1. The van der Waals surface area contributed by atoms with Crippen LogP contribution in [0.5, 0.6) is 0 Å². The molecule has 1 fully saturated rings. The highest BCUT2D eigenvalue weighted by atomic mass is 35.5. The molecule has 5 nitrogen and oxygen atoms in total. The van der Waals surface area contributed by atoms with E-state index in [-0.39, 0.29) is 37.1 Å². The van der Waals surface area contributed by atoms with Gasteiger partial charge in [-0.3, -0.25) is 4.79 Å². The van der Waals surface area contributed by atoms with Gasteiger partial charge in [-0.05, 0) is 29.8 Å². The van der Waals surface area contributed by atoms with Crippen LogP contribution < -0.4 is 15.5 Å². The molecular weight excluding hydrogens is 383 g/mol. The summed E-state index contributed by atoms with van der Waals surface area (Å²) < 4.78 is 0. The Morgan fingerprint density at radius 1 is 1.20 bits per heavy atom. The molecule has 3 rings (SSSR count). The largest absolute Gasteiger partial charge is 0.368 e. The van der Waals surface area contributed by atoms with E-state index in [0.717, 1.165) is 37.4 Å². The molecule has 1 saturated heterocycles. The van der Waals surface area contributed by atoms with E-state index in [1.54, 1.807) is 18.3 Å². The van der Waals surface area contributed by atoms with E-state index in [2.05, 4.69) is 20.5 Å². The van der Waals surface area contributed by atoms with Gasteiger partial charge >= 0.3 is 0 Å². The molecule has 0 radical (unpaired) electrons. The molecule has 1 amide bonds. The molecule has 0 aliphatic carbocycles. The van der Waals surface area contributed by atoms with Gasteiger partial charge < -0.3 is 15.5 Å². The third-order valence-corrected chi connectivity index (χ3v) is 3.99. The summed E-state index contributed by atoms with van der Waals surface area (Å²) in [5.41, 5.74) is 1.96. The minimum absolute atomic E-state index is 0. The van der Waals surface area contributed by atoms with Crippen LogP contribution in [0.4, 0.5) is 11.5 Å². The molecule has 0 unspecified atom stereocenters. The van der Waals surface area contributed by atoms with Crippen molar-refractivity contribution >= 4 is 53.8 Å². The number of hydrogen-bond acceptors (Lipinski definition) is 4. The number of halogens is 3. The Bertz CT molecular complexity index is 676. The first kappa shape index (κ1) is 21.5. The Morgan fingerprint density at radius 3 is 2.60 bits per heavy atom. The number of hydrogen-bond donors (Lipinski definition) is 2. The Morgan fingerprint density at radius 2 is 1.96 bits per heavy atom. The molecule has 1 aliphatic heterocycles. The van der Waals surface area contributed by atoms with Crippen molar-refractivity contribution in [1.82, 2.24) is 10.3 Å². The van der Waals surface area contributed by atoms with E-state index in [0.29, 0.717) is 10.8 Å². The van der Waals surface area contributed by atoms with Crippen molar-refractivity contribution in [2.24, 2.45) is 0 Å². The fourth-order valence-electron chi connectivity index (χ4n) is 2.59. The van der Waals surface area contributed by atoms with Crippen LogP contribution >= 0.6 is 36.4 Å². The van der Waals surface area contributed by atoms with Crippen molar-refractivity contribution in [1.29, 1.82) is 0 Å². The van der Waals surface area contributed by atoms with Crippen LogP contribution in [0.2, 0.25) is 5.02 Å². The van der Waals surface area contributed by atoms with Gasteiger partial charge in [0.25, 0.3) is 0 Å². The van der Waals surface area contributed by atoms with Gasteiger partial charge in [-0.2, -0.15) is 0 Å². The molecule has 2 N–H and O–H groups in total. The molecule has 1 aromatic carbocycles. The lowest BCUT2D eigenvalue weighted by Gasteiger charge is -2.29. The quantitative estimate of drug-likeness (QED) is 0.823. The number of pyridine rings is 1. The predicted molar refractivity (Wildman–Crippen MR) is 108 cm³/mol. The van der Waals surface area contributed by atoms with Crippen LogP contribution in [-0.4, -0.2) is 37.1 Å². The highest BCUT2D eigenvalue weighted by molar-refractivity contribution is 6.30. The first-order valence-electron chi connectivity index (χ1n) is 7.67. The van der Waals surface area contributed by atoms with Crippen molar-refractivity contribution in [3.63, 3.8) is 0 Å². The second-order valence-corrected chi connectivity index (χ2v) is 5.93. The van der Waals surface area contributed by atoms with Gasteiger partial charge in [0.2, 0.25) is 5.91 Å². The maximum atomic E-state index is 12.1. The Kier molecular flexibility index (Phi) is 9.00. The number of rotatable bonds is 4. The standard InChI is InChI=1S/C17H19ClN4O.2ClH/c18-14-3-1-2-13(10-14)11-17(23)21-16-5-4-15(12-20-16)22-8-6-19-7-9-22;;/h1-5,10,12,19H,6-9,11H2,(H,20,21,23);2*1H. The highest BCUT2D eigenvalue weighted by Gasteiger charge is 2.11. The minimum Gasteiger partial charge on any atom is -0.368 e. The van der Waals surface area contributed by atoms with Crippen molar-refractivity contribution in [3.8, 4) is 0 Å². The summed E-state index contributed by atoms with van der Waals surface area (Å²) in [6.07, 6.45) is 2.09. The van der Waals surface area contributed by atoms with Crippen molar-refractivity contribution in [2.45, 2.75) is 6.42 Å². The molecule has 1 aliphatic rings. The number of anilines is 2. The second-order valence-electron chi connectivity index (χ2n) is 5.49. The van der Waals surface area contributed by atoms with Crippen LogP contribution in [0, 0.1) is 0 Å². The van der Waals surface area contributed by atoms with Gasteiger partial charge in [-0.1, -0.05) is 23.7 Å². The minimum atomic E-state index is -0.102. The number of aromatic nitrogens is 1. The average Bonchev–Trinajstić information content (AvgIpc) is 2.56. The fourth-order valence-corrected chi connectivity index (χ4v) is 2.80. The second kappa shape index (κ2) is 10.5. The molecule has 2 aromatic rings. The van der Waals surface area contributed by atoms with Gasteiger partial charge in [-0.25, -0.2) is 4.98 Å². The van der Waals surface area contributed by atoms with Gasteiger partial charge in [-0.15, -0.1) is 24.8 Å². The third-order valence-electron chi connectivity index (χ3n) is 3.75. The molecule has 8 heteroatoms. The SMILES string of the molecule is Cl.Cl.O=C(Cc1cccc(Cl)c1)Nc1ccc(N2CCNCC2)cn1. The molecule has 25 heavy (non-hydrogen) atoms. The van der Waals surface area contributed by atoms with Crippen LogP contribution in [0.3, 0.4) is 0 Å². The average molecular weight is 404 g/mol. The molecular formula is C17H21Cl3N4O. The number of nitrogens with one attached hydrogen (secondary N) is 2. The topological polar surface area (TPSA) is 57.3 Å². The van der Waals surface area contributed by atoms with E-state index in [1.165, 1.54) is 0 Å². The predicted octanol–water partition coefficient (Wildman–Crippen LogP) is 3.17. The monoisotopic (exact) mass is 402 g/mol. The third kappa shape index (κ3) is 6.36. The van der Waals surface area contributed by atoms with Gasteiger partial charge in [0.05, 0.1) is 18.3 Å². The van der Waals surface area contributed by atoms with Crippen LogP contribution in [0.15, 0.2) is 42.6 Å². The van der Waals surface area contributed by atoms with Crippen molar-refractivity contribution in [2.75, 3.05) is 36.4 Å². The number of benzene rings is 1. The summed E-state index contributed by atoms with van der Waals surface area (Å²) in [7, 11) is 0. The molecule has 0 bridgehead atoms. The number of nitrogens with zero attached hydrogens (tertiary/aromatic N) is 2. The first-order chi connectivity index (χ1) is 11.2. The van der Waals surface area contributed by atoms with Gasteiger partial charge in [0, 0.05) is 31.2 Å². The summed E-state index contributed by atoms with van der Waals surface area (Å²) in [6, 6.07) is 11.1. The molecule has 2 heterocycles. The normalized spacial score (nSPS) is 13.4. The van der Waals surface area contributed by atoms with Crippen molar-refractivity contribution < 1.29 is 4.79 Å². The maximum absolute atomic E-state index is 12.1. The number of carbonyl (C=O) groups excluding carboxylic acids is 1. The molecule has 0 spiro atoms. The van der Waals surface area contributed by atoms with Crippen LogP contribution in [-0.2, 0) is 11.2 Å². The fraction of sp³-hybridized carbons (Fsp3) is 0.294. The molecule has 0 saturated carbocycles. The van der Waals surface area contributed by atoms with E-state index in [9.17, 15) is 4.79 Å². The smallest absolute Gasteiger partial charge is 0.229 e. The van der Waals surface area contributed by atoms with Crippen LogP contribution in [0.1, 0.15) is 5.56 Å². The maximum Gasteiger partial charge on any atom is 0.229 e. The first-order valence-corrected chi connectivity index (χ1v) is 8.04. The van der Waals surface area contributed by atoms with E-state index < -0.39 is 0 Å². The molecule has 0 atom stereocenters. The summed E-state index contributed by atoms with van der Waals surface area (Å²) in [5, 5.41) is 6.77. The summed E-state index contributed by atoms with van der Waals surface area (Å²) in [6.45, 7) is 3.92. The summed E-state index contributed by atoms with van der Waals surface area (Å²) in [5.74, 6) is 0.464. The highest BCUT2D eigenvalue weighted by Crippen LogP contribution is 2.16. The Hall–Kier alpha value is -1.53. The zero-order valence-electron chi connectivity index (χ0n) is 13.6. The zero-order valence-corrected chi connectivity index (χ0v) is 16.0. The summed E-state index contributed by atoms with van der Waals surface area (Å²) in [4.78, 5) is 18.7. The Labute approximate surface area is 165 Å². The van der Waals surface area contributed by atoms with E-state index in [1.807, 2.05) is 24.3 Å². The van der Waals surface area contributed by atoms with Crippen LogP contribution in [0.25, 0.3) is 0 Å². The summed E-state index contributed by atoms with van der Waals surface area (Å²) >= 11 is 5.93. The lowest BCUT2D eigenvalue weighted by atomic mass is 10.1. The van der Waals surface area contributed by atoms with E-state index in [4.69, 9.17) is 11.6 Å². The van der Waals surface area contributed by atoms with E-state index >= 15 is 0 Å². The molecule has 1 aromatic heterocycles. The van der Waals surface area contributed by atoms with Gasteiger partial charge in [0.1, 0.15) is 5.82 Å².